The molecule has 0 bridgehead atoms. The molecule has 1 N–H and O–H groups in total. The third-order valence-corrected chi connectivity index (χ3v) is 4.82. The van der Waals surface area contributed by atoms with Gasteiger partial charge in [0, 0.05) is 28.4 Å². The van der Waals surface area contributed by atoms with E-state index in [9.17, 15) is 4.79 Å². The van der Waals surface area contributed by atoms with Crippen molar-refractivity contribution in [3.8, 4) is 0 Å². The first-order valence-corrected chi connectivity index (χ1v) is 8.50. The minimum Gasteiger partial charge on any atom is -0.379 e. The molecule has 0 amide bonds. The topological polar surface area (TPSA) is 29.1 Å². The molecule has 0 unspecified atom stereocenters. The van der Waals surface area contributed by atoms with E-state index >= 15 is 0 Å². The molecule has 1 heterocycles. The number of allylic oxidation sites excluding steroid dienone is 5. The normalized spacial score (nSPS) is 20.7. The maximum Gasteiger partial charge on any atom is 0.187 e. The van der Waals surface area contributed by atoms with Crippen LogP contribution in [0.4, 0.5) is 0 Å². The second kappa shape index (κ2) is 6.18. The van der Waals surface area contributed by atoms with E-state index in [0.717, 1.165) is 41.7 Å². The van der Waals surface area contributed by atoms with Gasteiger partial charge in [-0.1, -0.05) is 41.4 Å². The Hall–Kier alpha value is -1.51. The number of benzene rings is 1. The zero-order valence-corrected chi connectivity index (χ0v) is 14.8. The van der Waals surface area contributed by atoms with E-state index in [-0.39, 0.29) is 11.3 Å². The zero-order chi connectivity index (χ0) is 16.6. The fourth-order valence-electron chi connectivity index (χ4n) is 3.06. The smallest absolute Gasteiger partial charge is 0.187 e. The largest absolute Gasteiger partial charge is 0.379 e. The van der Waals surface area contributed by atoms with Gasteiger partial charge < -0.3 is 5.32 Å². The van der Waals surface area contributed by atoms with Crippen molar-refractivity contribution < 1.29 is 4.79 Å². The number of nitrogens with one attached hydrogen (secondary N) is 1. The van der Waals surface area contributed by atoms with Crippen molar-refractivity contribution >= 4 is 34.7 Å². The minimum absolute atomic E-state index is 0.0122. The van der Waals surface area contributed by atoms with E-state index in [1.165, 1.54) is 0 Å². The lowest BCUT2D eigenvalue weighted by molar-refractivity contribution is -0.111. The summed E-state index contributed by atoms with van der Waals surface area (Å²) in [6.45, 7) is 4.22. The summed E-state index contributed by atoms with van der Waals surface area (Å²) in [6.07, 6.45) is 10.3. The van der Waals surface area contributed by atoms with Crippen LogP contribution in [-0.4, -0.2) is 11.3 Å². The number of carbonyl (C=O) groups is 1. The Kier molecular flexibility index (Phi) is 4.39. The number of ketones is 1. The average Bonchev–Trinajstić information content (AvgIpc) is 2.49. The van der Waals surface area contributed by atoms with Gasteiger partial charge >= 0.3 is 0 Å². The third kappa shape index (κ3) is 3.54. The fourth-order valence-corrected chi connectivity index (χ4v) is 3.41. The first kappa shape index (κ1) is 16.4. The molecular formula is C19H19Cl2NO. The summed E-state index contributed by atoms with van der Waals surface area (Å²) in [4.78, 5) is 12.5. The van der Waals surface area contributed by atoms with Crippen LogP contribution in [0, 0.1) is 0 Å². The van der Waals surface area contributed by atoms with Crippen molar-refractivity contribution in [3.63, 3.8) is 0 Å². The standard InChI is InChI=1S/C19H19Cl2NO/c1-19(2)11-13-8-15(20)16(21)9-14(13)17(22-19)10-18(23)12-6-4-3-5-7-12/h4,6-10,22H,3,5,11H2,1-2H3/b17-10-. The highest BCUT2D eigenvalue weighted by Crippen LogP contribution is 2.35. The van der Waals surface area contributed by atoms with Crippen molar-refractivity contribution in [1.82, 2.24) is 5.32 Å². The van der Waals surface area contributed by atoms with E-state index in [2.05, 4.69) is 19.2 Å². The molecule has 2 aliphatic rings. The van der Waals surface area contributed by atoms with Crippen LogP contribution in [0.15, 0.2) is 42.0 Å². The summed E-state index contributed by atoms with van der Waals surface area (Å²) >= 11 is 12.3. The Morgan fingerprint density at radius 3 is 2.65 bits per heavy atom. The summed E-state index contributed by atoms with van der Waals surface area (Å²) in [6, 6.07) is 3.74. The number of rotatable bonds is 2. The molecule has 0 spiro atoms. The minimum atomic E-state index is -0.146. The molecule has 1 aliphatic heterocycles. The van der Waals surface area contributed by atoms with E-state index < -0.39 is 0 Å². The average molecular weight is 348 g/mol. The molecule has 0 saturated carbocycles. The number of hydrogen-bond donors (Lipinski definition) is 1. The van der Waals surface area contributed by atoms with Gasteiger partial charge in [-0.2, -0.15) is 0 Å². The molecule has 1 aliphatic carbocycles. The van der Waals surface area contributed by atoms with Gasteiger partial charge in [-0.15, -0.1) is 0 Å². The van der Waals surface area contributed by atoms with E-state index in [0.29, 0.717) is 10.0 Å². The molecule has 0 saturated heterocycles. The molecule has 4 heteroatoms. The molecule has 1 aromatic carbocycles. The van der Waals surface area contributed by atoms with Gasteiger partial charge in [0.1, 0.15) is 0 Å². The third-order valence-electron chi connectivity index (χ3n) is 4.10. The second-order valence-electron chi connectivity index (χ2n) is 6.67. The monoisotopic (exact) mass is 347 g/mol. The van der Waals surface area contributed by atoms with Gasteiger partial charge in [0.25, 0.3) is 0 Å². The van der Waals surface area contributed by atoms with E-state index in [1.54, 1.807) is 6.08 Å². The first-order chi connectivity index (χ1) is 10.9. The van der Waals surface area contributed by atoms with Crippen LogP contribution in [0.25, 0.3) is 5.70 Å². The molecular weight excluding hydrogens is 329 g/mol. The van der Waals surface area contributed by atoms with Crippen LogP contribution in [0.5, 0.6) is 0 Å². The molecule has 2 nitrogen and oxygen atoms in total. The van der Waals surface area contributed by atoms with E-state index in [1.807, 2.05) is 30.4 Å². The molecule has 0 aromatic heterocycles. The first-order valence-electron chi connectivity index (χ1n) is 7.75. The highest BCUT2D eigenvalue weighted by Gasteiger charge is 2.29. The zero-order valence-electron chi connectivity index (χ0n) is 13.2. The van der Waals surface area contributed by atoms with Gasteiger partial charge in [-0.3, -0.25) is 4.79 Å². The van der Waals surface area contributed by atoms with Gasteiger partial charge in [0.05, 0.1) is 10.0 Å². The maximum absolute atomic E-state index is 12.5. The lowest BCUT2D eigenvalue weighted by atomic mass is 9.85. The number of halogens is 2. The lowest BCUT2D eigenvalue weighted by Crippen LogP contribution is -2.43. The van der Waals surface area contributed by atoms with Crippen LogP contribution in [-0.2, 0) is 11.2 Å². The number of hydrogen-bond acceptors (Lipinski definition) is 2. The van der Waals surface area contributed by atoms with Crippen LogP contribution >= 0.6 is 23.2 Å². The Morgan fingerprint density at radius 1 is 1.22 bits per heavy atom. The van der Waals surface area contributed by atoms with Gasteiger partial charge in [0.2, 0.25) is 0 Å². The molecule has 23 heavy (non-hydrogen) atoms. The van der Waals surface area contributed by atoms with Gasteiger partial charge in [-0.25, -0.2) is 0 Å². The second-order valence-corrected chi connectivity index (χ2v) is 7.48. The summed E-state index contributed by atoms with van der Waals surface area (Å²) in [7, 11) is 0. The number of fused-ring (bicyclic) bond motifs is 1. The van der Waals surface area contributed by atoms with Crippen LogP contribution < -0.4 is 5.32 Å². The van der Waals surface area contributed by atoms with E-state index in [4.69, 9.17) is 23.2 Å². The SMILES string of the molecule is CC1(C)Cc2cc(Cl)c(Cl)cc2/C(=C/C(=O)C2=CCCC=C2)N1. The summed E-state index contributed by atoms with van der Waals surface area (Å²) in [5.74, 6) is 0.0122. The Labute approximate surface area is 146 Å². The fraction of sp³-hybridized carbons (Fsp3) is 0.316. The summed E-state index contributed by atoms with van der Waals surface area (Å²) in [5, 5.41) is 4.50. The Bertz CT molecular complexity index is 757. The maximum atomic E-state index is 12.5. The predicted octanol–water partition coefficient (Wildman–Crippen LogP) is 5.10. The molecule has 0 atom stereocenters. The highest BCUT2D eigenvalue weighted by atomic mass is 35.5. The highest BCUT2D eigenvalue weighted by molar-refractivity contribution is 6.42. The Balaban J connectivity index is 2.04. The van der Waals surface area contributed by atoms with Crippen molar-refractivity contribution in [2.45, 2.75) is 38.6 Å². The van der Waals surface area contributed by atoms with Crippen molar-refractivity contribution in [2.75, 3.05) is 0 Å². The van der Waals surface area contributed by atoms with Crippen LogP contribution in [0.2, 0.25) is 10.0 Å². The molecule has 0 fully saturated rings. The quantitative estimate of drug-likeness (QED) is 0.753. The molecule has 1 aromatic rings. The van der Waals surface area contributed by atoms with Crippen molar-refractivity contribution in [3.05, 3.63) is 63.2 Å². The van der Waals surface area contributed by atoms with Gasteiger partial charge in [0.15, 0.2) is 5.78 Å². The summed E-state index contributed by atoms with van der Waals surface area (Å²) < 4.78 is 0. The number of carbonyl (C=O) groups excluding carboxylic acids is 1. The molecule has 3 rings (SSSR count). The lowest BCUT2D eigenvalue weighted by Gasteiger charge is -2.36. The van der Waals surface area contributed by atoms with Gasteiger partial charge in [-0.05, 0) is 50.8 Å². The molecule has 0 radical (unpaired) electrons. The van der Waals surface area contributed by atoms with Crippen molar-refractivity contribution in [2.24, 2.45) is 0 Å². The van der Waals surface area contributed by atoms with Crippen LogP contribution in [0.3, 0.4) is 0 Å². The van der Waals surface area contributed by atoms with Crippen LogP contribution in [0.1, 0.15) is 37.8 Å². The predicted molar refractivity (Wildman–Crippen MR) is 96.8 cm³/mol. The van der Waals surface area contributed by atoms with Crippen molar-refractivity contribution in [1.29, 1.82) is 0 Å². The summed E-state index contributed by atoms with van der Waals surface area (Å²) in [5.41, 5.74) is 3.46. The molecule has 120 valence electrons. The Morgan fingerprint density at radius 2 is 1.96 bits per heavy atom.